The van der Waals surface area contributed by atoms with Crippen molar-refractivity contribution in [1.82, 2.24) is 10.2 Å². The molecule has 1 heterocycles. The summed E-state index contributed by atoms with van der Waals surface area (Å²) in [4.78, 5) is 12.8. The molecule has 0 aromatic carbocycles. The number of nitrogens with one attached hydrogen (secondary N) is 1. The monoisotopic (exact) mass is 214 g/mol. The maximum Gasteiger partial charge on any atom is 0.304 e. The minimum absolute atomic E-state index is 0.223. The first-order valence-electron chi connectivity index (χ1n) is 5.76. The predicted molar refractivity (Wildman–Crippen MR) is 59.9 cm³/mol. The van der Waals surface area contributed by atoms with Crippen LogP contribution in [0.1, 0.15) is 26.7 Å². The number of carboxylic acids is 1. The highest BCUT2D eigenvalue weighted by molar-refractivity contribution is 5.66. The zero-order valence-corrected chi connectivity index (χ0v) is 9.70. The molecule has 0 aromatic rings. The second-order valence-corrected chi connectivity index (χ2v) is 4.59. The van der Waals surface area contributed by atoms with Gasteiger partial charge in [-0.2, -0.15) is 0 Å². The molecule has 4 heteroatoms. The molecule has 1 unspecified atom stereocenters. The van der Waals surface area contributed by atoms with Crippen LogP contribution in [0.4, 0.5) is 0 Å². The Hall–Kier alpha value is -0.610. The van der Waals surface area contributed by atoms with Gasteiger partial charge in [-0.3, -0.25) is 4.79 Å². The quantitative estimate of drug-likeness (QED) is 0.642. The number of carboxylic acid groups (broad SMARTS) is 1. The molecule has 0 radical (unpaired) electrons. The van der Waals surface area contributed by atoms with Crippen LogP contribution in [0.15, 0.2) is 0 Å². The van der Waals surface area contributed by atoms with Crippen LogP contribution in [0.2, 0.25) is 0 Å². The Bertz CT molecular complexity index is 207. The van der Waals surface area contributed by atoms with E-state index in [0.717, 1.165) is 13.1 Å². The van der Waals surface area contributed by atoms with Crippen LogP contribution >= 0.6 is 0 Å². The molecule has 1 aliphatic heterocycles. The molecule has 2 N–H and O–H groups in total. The summed E-state index contributed by atoms with van der Waals surface area (Å²) in [6, 6.07) is 0.633. The molecule has 88 valence electrons. The average Bonchev–Trinajstić information content (AvgIpc) is 2.60. The highest BCUT2D eigenvalue weighted by Gasteiger charge is 2.23. The summed E-state index contributed by atoms with van der Waals surface area (Å²) in [5.41, 5.74) is 0. The van der Waals surface area contributed by atoms with Gasteiger partial charge in [-0.25, -0.2) is 0 Å². The second kappa shape index (κ2) is 6.08. The van der Waals surface area contributed by atoms with Crippen molar-refractivity contribution in [2.45, 2.75) is 32.7 Å². The van der Waals surface area contributed by atoms with Crippen LogP contribution in [0.5, 0.6) is 0 Å². The predicted octanol–water partition coefficient (Wildman–Crippen LogP) is 0.781. The number of carbonyl (C=O) groups is 1. The van der Waals surface area contributed by atoms with Crippen molar-refractivity contribution in [2.75, 3.05) is 26.2 Å². The Balaban J connectivity index is 2.06. The molecule has 0 saturated carbocycles. The van der Waals surface area contributed by atoms with Crippen LogP contribution in [-0.4, -0.2) is 48.2 Å². The summed E-state index contributed by atoms with van der Waals surface area (Å²) in [5.74, 6) is -0.0288. The molecular formula is C11H22N2O2. The lowest BCUT2D eigenvalue weighted by atomic mass is 10.1. The highest BCUT2D eigenvalue weighted by atomic mass is 16.4. The lowest BCUT2D eigenvalue weighted by Crippen LogP contribution is -2.31. The van der Waals surface area contributed by atoms with Crippen LogP contribution in [0.3, 0.4) is 0 Å². The summed E-state index contributed by atoms with van der Waals surface area (Å²) in [6.45, 7) is 8.32. The van der Waals surface area contributed by atoms with Crippen molar-refractivity contribution >= 4 is 5.97 Å². The van der Waals surface area contributed by atoms with Gasteiger partial charge >= 0.3 is 5.97 Å². The normalized spacial score (nSPS) is 22.5. The number of hydrogen-bond acceptors (Lipinski definition) is 3. The Labute approximate surface area is 91.6 Å². The molecule has 0 amide bonds. The minimum atomic E-state index is -0.724. The maximum absolute atomic E-state index is 10.3. The largest absolute Gasteiger partial charge is 0.481 e. The van der Waals surface area contributed by atoms with Crippen molar-refractivity contribution < 1.29 is 9.90 Å². The fourth-order valence-corrected chi connectivity index (χ4v) is 2.00. The summed E-state index contributed by atoms with van der Waals surface area (Å²) < 4.78 is 0. The first-order valence-corrected chi connectivity index (χ1v) is 5.76. The highest BCUT2D eigenvalue weighted by Crippen LogP contribution is 2.17. The van der Waals surface area contributed by atoms with E-state index in [2.05, 4.69) is 24.1 Å². The number of likely N-dealkylation sites (tertiary alicyclic amines) is 1. The van der Waals surface area contributed by atoms with E-state index in [4.69, 9.17) is 5.11 Å². The van der Waals surface area contributed by atoms with Crippen LogP contribution in [0.25, 0.3) is 0 Å². The summed E-state index contributed by atoms with van der Waals surface area (Å²) in [6.07, 6.45) is 1.46. The Morgan fingerprint density at radius 2 is 2.33 bits per heavy atom. The van der Waals surface area contributed by atoms with E-state index in [9.17, 15) is 4.79 Å². The van der Waals surface area contributed by atoms with Crippen LogP contribution in [-0.2, 0) is 4.79 Å². The van der Waals surface area contributed by atoms with Gasteiger partial charge in [0.15, 0.2) is 0 Å². The van der Waals surface area contributed by atoms with Gasteiger partial charge in [-0.15, -0.1) is 0 Å². The third-order valence-corrected chi connectivity index (χ3v) is 3.00. The minimum Gasteiger partial charge on any atom is -0.481 e. The number of rotatable bonds is 6. The molecular weight excluding hydrogens is 192 g/mol. The maximum atomic E-state index is 10.3. The molecule has 1 fully saturated rings. The van der Waals surface area contributed by atoms with Crippen LogP contribution in [0, 0.1) is 5.92 Å². The van der Waals surface area contributed by atoms with Crippen molar-refractivity contribution in [3.8, 4) is 0 Å². The zero-order chi connectivity index (χ0) is 11.3. The van der Waals surface area contributed by atoms with Crippen molar-refractivity contribution in [3.05, 3.63) is 0 Å². The van der Waals surface area contributed by atoms with E-state index in [-0.39, 0.29) is 6.42 Å². The van der Waals surface area contributed by atoms with E-state index >= 15 is 0 Å². The van der Waals surface area contributed by atoms with Crippen molar-refractivity contribution in [1.29, 1.82) is 0 Å². The van der Waals surface area contributed by atoms with Crippen LogP contribution < -0.4 is 5.32 Å². The fraction of sp³-hybridized carbons (Fsp3) is 0.909. The van der Waals surface area contributed by atoms with Crippen molar-refractivity contribution in [3.63, 3.8) is 0 Å². The molecule has 0 spiro atoms. The summed E-state index contributed by atoms with van der Waals surface area (Å²) in [5, 5.41) is 11.7. The molecule has 15 heavy (non-hydrogen) atoms. The van der Waals surface area contributed by atoms with Gasteiger partial charge in [0.05, 0.1) is 6.42 Å². The Morgan fingerprint density at radius 1 is 1.60 bits per heavy atom. The van der Waals surface area contributed by atoms with E-state index in [0.29, 0.717) is 18.5 Å². The number of aliphatic carboxylic acids is 1. The molecule has 0 aromatic heterocycles. The zero-order valence-electron chi connectivity index (χ0n) is 9.70. The Morgan fingerprint density at radius 3 is 2.87 bits per heavy atom. The van der Waals surface area contributed by atoms with E-state index in [1.165, 1.54) is 13.0 Å². The van der Waals surface area contributed by atoms with E-state index in [1.54, 1.807) is 0 Å². The van der Waals surface area contributed by atoms with Gasteiger partial charge in [-0.05, 0) is 39.3 Å². The average molecular weight is 214 g/mol. The molecule has 1 atom stereocenters. The van der Waals surface area contributed by atoms with Gasteiger partial charge in [-0.1, -0.05) is 0 Å². The molecule has 0 bridgehead atoms. The molecule has 1 rings (SSSR count). The number of nitrogens with zero attached hydrogens (tertiary/aromatic N) is 1. The fourth-order valence-electron chi connectivity index (χ4n) is 2.00. The van der Waals surface area contributed by atoms with Gasteiger partial charge in [0.25, 0.3) is 0 Å². The third-order valence-electron chi connectivity index (χ3n) is 3.00. The SMILES string of the molecule is CC(C)N1CCC(CNCCC(=O)O)C1. The van der Waals surface area contributed by atoms with Gasteiger partial charge in [0, 0.05) is 19.1 Å². The standard InChI is InChI=1S/C11H22N2O2/c1-9(2)13-6-4-10(8-13)7-12-5-3-11(14)15/h9-10,12H,3-8H2,1-2H3,(H,14,15). The van der Waals surface area contributed by atoms with Gasteiger partial charge in [0.1, 0.15) is 0 Å². The summed E-state index contributed by atoms with van der Waals surface area (Å²) >= 11 is 0. The van der Waals surface area contributed by atoms with E-state index < -0.39 is 5.97 Å². The first kappa shape index (κ1) is 12.5. The molecule has 4 nitrogen and oxygen atoms in total. The molecule has 1 aliphatic rings. The second-order valence-electron chi connectivity index (χ2n) is 4.59. The van der Waals surface area contributed by atoms with E-state index in [1.807, 2.05) is 0 Å². The topological polar surface area (TPSA) is 52.6 Å². The molecule has 0 aliphatic carbocycles. The smallest absolute Gasteiger partial charge is 0.304 e. The lowest BCUT2D eigenvalue weighted by Gasteiger charge is -2.20. The third kappa shape index (κ3) is 4.62. The molecule has 1 saturated heterocycles. The lowest BCUT2D eigenvalue weighted by molar-refractivity contribution is -0.136. The van der Waals surface area contributed by atoms with Gasteiger partial charge < -0.3 is 15.3 Å². The van der Waals surface area contributed by atoms with Crippen molar-refractivity contribution in [2.24, 2.45) is 5.92 Å². The first-order chi connectivity index (χ1) is 7.09. The summed E-state index contributed by atoms with van der Waals surface area (Å²) in [7, 11) is 0. The van der Waals surface area contributed by atoms with Gasteiger partial charge in [0.2, 0.25) is 0 Å². The Kier molecular flexibility index (Phi) is 5.05. The number of hydrogen-bond donors (Lipinski definition) is 2.